The van der Waals surface area contributed by atoms with E-state index in [-0.39, 0.29) is 38.8 Å². The molecule has 0 saturated heterocycles. The van der Waals surface area contributed by atoms with Crippen molar-refractivity contribution in [1.29, 1.82) is 0 Å². The molecule has 0 aromatic heterocycles. The predicted octanol–water partition coefficient (Wildman–Crippen LogP) is 5.05. The normalized spacial score (nSPS) is 14.2. The molecular weight excluding hydrogens is 639 g/mol. The van der Waals surface area contributed by atoms with Crippen molar-refractivity contribution in [3.8, 4) is 11.1 Å². The zero-order chi connectivity index (χ0) is 36.0. The zero-order valence-electron chi connectivity index (χ0n) is 29.0. The highest BCUT2D eigenvalue weighted by molar-refractivity contribution is 7.52. The van der Waals surface area contributed by atoms with E-state index >= 15 is 0 Å². The Hall–Kier alpha value is -3.57. The second-order valence-corrected chi connectivity index (χ2v) is 13.8. The van der Waals surface area contributed by atoms with E-state index in [2.05, 4.69) is 5.32 Å². The summed E-state index contributed by atoms with van der Waals surface area (Å²) >= 11 is 0. The summed E-state index contributed by atoms with van der Waals surface area (Å²) in [5.74, 6) is -5.61. The third-order valence-electron chi connectivity index (χ3n) is 7.65. The van der Waals surface area contributed by atoms with Gasteiger partial charge in [-0.2, -0.15) is 0 Å². The number of benzene rings is 2. The molecule has 2 aromatic rings. The summed E-state index contributed by atoms with van der Waals surface area (Å²) < 4.78 is 30.0. The number of nitrogens with one attached hydrogen (secondary N) is 1. The summed E-state index contributed by atoms with van der Waals surface area (Å²) in [6.45, 7) is 11.5. The third-order valence-corrected chi connectivity index (χ3v) is 8.90. The van der Waals surface area contributed by atoms with Gasteiger partial charge in [0.15, 0.2) is 12.0 Å². The first kappa shape index (κ1) is 40.6. The number of hydrogen-bond donors (Lipinski definition) is 3. The van der Waals surface area contributed by atoms with Gasteiger partial charge in [-0.15, -0.1) is 0 Å². The van der Waals surface area contributed by atoms with Gasteiger partial charge in [0.05, 0.1) is 19.1 Å². The van der Waals surface area contributed by atoms with Gasteiger partial charge >= 0.3 is 25.5 Å². The average molecular weight is 691 g/mol. The lowest BCUT2D eigenvalue weighted by atomic mass is 9.97. The topological polar surface area (TPSA) is 169 Å². The second kappa shape index (κ2) is 19.4. The molecule has 1 amide bonds. The summed E-state index contributed by atoms with van der Waals surface area (Å²) in [7, 11) is -5.25. The molecule has 0 heterocycles. The maximum Gasteiger partial charge on any atom is 0.346 e. The van der Waals surface area contributed by atoms with Crippen molar-refractivity contribution in [2.45, 2.75) is 98.3 Å². The van der Waals surface area contributed by atoms with Gasteiger partial charge in [0.1, 0.15) is 6.10 Å². The van der Waals surface area contributed by atoms with Crippen LogP contribution in [-0.2, 0) is 44.4 Å². The van der Waals surface area contributed by atoms with E-state index in [1.54, 1.807) is 48.5 Å². The molecule has 4 atom stereocenters. The standard InChI is InChI=1S/C35H51N2O10P/c1-8-29(38)46-32(23(4)5)35(48(42,43)44)37(34(24(6)7)47-30(39)9-2)28(33(41)36-21-20-31(40)45-10-3)22-25-16-18-27(19-17-25)26-14-12-11-13-15-26/h11-19,23-24,28,32,34-35H,8-10,20-22H2,1-7H3,(H,36,41)(H2,42,43,44). The van der Waals surface area contributed by atoms with Gasteiger partial charge in [0, 0.05) is 25.3 Å². The monoisotopic (exact) mass is 690 g/mol. The Balaban J connectivity index is 2.79. The van der Waals surface area contributed by atoms with Gasteiger partial charge < -0.3 is 29.3 Å². The van der Waals surface area contributed by atoms with E-state index in [0.717, 1.165) is 11.1 Å². The van der Waals surface area contributed by atoms with Crippen molar-refractivity contribution in [3.63, 3.8) is 0 Å². The highest BCUT2D eigenvalue weighted by Gasteiger charge is 2.52. The lowest BCUT2D eigenvalue weighted by molar-refractivity contribution is -0.180. The molecule has 0 aliphatic rings. The smallest absolute Gasteiger partial charge is 0.346 e. The Morgan fingerprint density at radius 2 is 1.35 bits per heavy atom. The molecule has 0 aliphatic carbocycles. The number of carbonyl (C=O) groups is 4. The molecule has 0 bridgehead atoms. The van der Waals surface area contributed by atoms with Gasteiger partial charge in [-0.05, 0) is 36.0 Å². The minimum absolute atomic E-state index is 0.0343. The molecule has 266 valence electrons. The lowest BCUT2D eigenvalue weighted by Gasteiger charge is -2.46. The summed E-state index contributed by atoms with van der Waals surface area (Å²) in [4.78, 5) is 74.8. The largest absolute Gasteiger partial charge is 0.466 e. The minimum atomic E-state index is -5.25. The molecule has 13 heteroatoms. The Kier molecular flexibility index (Phi) is 16.4. The molecular formula is C35H51N2O10P. The first-order valence-electron chi connectivity index (χ1n) is 16.4. The van der Waals surface area contributed by atoms with Crippen molar-refractivity contribution in [2.24, 2.45) is 11.8 Å². The van der Waals surface area contributed by atoms with E-state index in [4.69, 9.17) is 14.2 Å². The van der Waals surface area contributed by atoms with Crippen LogP contribution < -0.4 is 5.32 Å². The van der Waals surface area contributed by atoms with Crippen LogP contribution in [0, 0.1) is 11.8 Å². The van der Waals surface area contributed by atoms with Gasteiger partial charge in [-0.3, -0.25) is 23.7 Å². The maximum absolute atomic E-state index is 14.2. The third kappa shape index (κ3) is 12.1. The minimum Gasteiger partial charge on any atom is -0.466 e. The van der Waals surface area contributed by atoms with Crippen LogP contribution >= 0.6 is 7.60 Å². The summed E-state index contributed by atoms with van der Waals surface area (Å²) in [6, 6.07) is 15.7. The maximum atomic E-state index is 14.2. The molecule has 0 fully saturated rings. The van der Waals surface area contributed by atoms with Crippen LogP contribution in [0.1, 0.15) is 73.3 Å². The van der Waals surface area contributed by atoms with Crippen molar-refractivity contribution in [1.82, 2.24) is 10.2 Å². The Morgan fingerprint density at radius 3 is 1.85 bits per heavy atom. The predicted molar refractivity (Wildman–Crippen MR) is 181 cm³/mol. The molecule has 3 N–H and O–H groups in total. The van der Waals surface area contributed by atoms with Crippen molar-refractivity contribution in [2.75, 3.05) is 13.2 Å². The fourth-order valence-corrected chi connectivity index (χ4v) is 6.67. The first-order chi connectivity index (χ1) is 22.6. The fourth-order valence-electron chi connectivity index (χ4n) is 5.24. The van der Waals surface area contributed by atoms with Crippen LogP contribution in [0.4, 0.5) is 0 Å². The van der Waals surface area contributed by atoms with Gasteiger partial charge in [0.25, 0.3) is 0 Å². The van der Waals surface area contributed by atoms with Crippen molar-refractivity contribution >= 4 is 31.4 Å². The Morgan fingerprint density at radius 1 is 0.792 bits per heavy atom. The zero-order valence-corrected chi connectivity index (χ0v) is 29.9. The Bertz CT molecular complexity index is 1380. The van der Waals surface area contributed by atoms with Crippen molar-refractivity contribution in [3.05, 3.63) is 60.2 Å². The number of ether oxygens (including phenoxy) is 3. The van der Waals surface area contributed by atoms with E-state index in [0.29, 0.717) is 5.56 Å². The SMILES string of the molecule is CCOC(=O)CCNC(=O)C(Cc1ccc(-c2ccccc2)cc1)N(C(OC(=O)CC)C(C)C)C(C(OC(=O)CC)C(C)C)P(=O)(O)O. The number of amides is 1. The second-order valence-electron chi connectivity index (χ2n) is 12.1. The molecule has 48 heavy (non-hydrogen) atoms. The number of carbonyl (C=O) groups excluding carboxylic acids is 4. The number of nitrogens with zero attached hydrogens (tertiary/aromatic N) is 1. The van der Waals surface area contributed by atoms with Crippen LogP contribution in [-0.4, -0.2) is 75.8 Å². The van der Waals surface area contributed by atoms with Crippen LogP contribution in [0.2, 0.25) is 0 Å². The summed E-state index contributed by atoms with van der Waals surface area (Å²) in [6.07, 6.45) is -3.01. The molecule has 12 nitrogen and oxygen atoms in total. The quantitative estimate of drug-likeness (QED) is 0.0781. The van der Waals surface area contributed by atoms with E-state index in [1.165, 1.54) is 4.90 Å². The van der Waals surface area contributed by atoms with Gasteiger partial charge in [-0.1, -0.05) is 96.1 Å². The molecule has 2 aromatic carbocycles. The molecule has 4 unspecified atom stereocenters. The molecule has 0 radical (unpaired) electrons. The van der Waals surface area contributed by atoms with Gasteiger partial charge in [0.2, 0.25) is 5.91 Å². The van der Waals surface area contributed by atoms with Crippen LogP contribution in [0.15, 0.2) is 54.6 Å². The van der Waals surface area contributed by atoms with Crippen LogP contribution in [0.3, 0.4) is 0 Å². The molecule has 0 saturated carbocycles. The number of hydrogen-bond acceptors (Lipinski definition) is 9. The highest BCUT2D eigenvalue weighted by atomic mass is 31.2. The lowest BCUT2D eigenvalue weighted by Crippen LogP contribution is -2.62. The van der Waals surface area contributed by atoms with Crippen molar-refractivity contribution < 1.29 is 47.7 Å². The number of rotatable bonds is 19. The summed E-state index contributed by atoms with van der Waals surface area (Å²) in [5.41, 5.74) is 2.54. The van der Waals surface area contributed by atoms with Gasteiger partial charge in [-0.25, -0.2) is 4.90 Å². The van der Waals surface area contributed by atoms with E-state index in [9.17, 15) is 33.5 Å². The molecule has 2 rings (SSSR count). The molecule has 0 spiro atoms. The number of esters is 3. The Labute approximate surface area is 283 Å². The first-order valence-corrected chi connectivity index (χ1v) is 18.1. The fraction of sp³-hybridized carbons (Fsp3) is 0.543. The average Bonchev–Trinajstić information content (AvgIpc) is 3.04. The van der Waals surface area contributed by atoms with Crippen LogP contribution in [0.5, 0.6) is 0 Å². The highest BCUT2D eigenvalue weighted by Crippen LogP contribution is 2.49. The molecule has 0 aliphatic heterocycles. The van der Waals surface area contributed by atoms with E-state index < -0.39 is 67.4 Å². The van der Waals surface area contributed by atoms with Crippen LogP contribution in [0.25, 0.3) is 11.1 Å². The van der Waals surface area contributed by atoms with E-state index in [1.807, 2.05) is 54.6 Å². The summed E-state index contributed by atoms with van der Waals surface area (Å²) in [5, 5.41) is 2.71.